The van der Waals surface area contributed by atoms with Crippen LogP contribution in [0.15, 0.2) is 10.9 Å². The molecule has 1 amide bonds. The first-order chi connectivity index (χ1) is 12.2. The van der Waals surface area contributed by atoms with E-state index in [-0.39, 0.29) is 12.0 Å². The Labute approximate surface area is 153 Å². The maximum atomic E-state index is 12.2. The second-order valence-corrected chi connectivity index (χ2v) is 7.33. The Morgan fingerprint density at radius 1 is 1.24 bits per heavy atom. The van der Waals surface area contributed by atoms with Crippen LogP contribution in [0.3, 0.4) is 0 Å². The first-order valence-corrected chi connectivity index (χ1v) is 9.82. The molecule has 2 saturated heterocycles. The van der Waals surface area contributed by atoms with Gasteiger partial charge in [0.05, 0.1) is 18.2 Å². The standard InChI is InChI=1S/C18H26N4O2S/c1-20-9-11-21(12-10-20)6-2-3-13-24-16-4-7-22(8-5-16)18(23)17-14-25-15-19-17/h14-16H,4-13H2,1H3. The van der Waals surface area contributed by atoms with Crippen LogP contribution in [0.4, 0.5) is 0 Å². The van der Waals surface area contributed by atoms with Crippen molar-refractivity contribution in [1.29, 1.82) is 0 Å². The van der Waals surface area contributed by atoms with Crippen molar-refractivity contribution in [2.24, 2.45) is 0 Å². The Bertz CT molecular complexity index is 594. The van der Waals surface area contributed by atoms with Crippen LogP contribution >= 0.6 is 11.3 Å². The largest absolute Gasteiger partial charge is 0.365 e. The van der Waals surface area contributed by atoms with Gasteiger partial charge in [0, 0.05) is 44.6 Å². The molecule has 136 valence electrons. The van der Waals surface area contributed by atoms with Gasteiger partial charge in [-0.2, -0.15) is 0 Å². The van der Waals surface area contributed by atoms with Crippen molar-refractivity contribution in [1.82, 2.24) is 19.7 Å². The van der Waals surface area contributed by atoms with E-state index in [4.69, 9.17) is 4.74 Å². The average molecular weight is 362 g/mol. The molecule has 0 aliphatic carbocycles. The predicted octanol–water partition coefficient (Wildman–Crippen LogP) is 1.02. The second-order valence-electron chi connectivity index (χ2n) is 6.61. The molecule has 2 aliphatic heterocycles. The Kier molecular flexibility index (Phi) is 6.82. The summed E-state index contributed by atoms with van der Waals surface area (Å²) < 4.78 is 5.86. The molecule has 0 bridgehead atoms. The van der Waals surface area contributed by atoms with Gasteiger partial charge in [0.25, 0.3) is 5.91 Å². The number of hydrogen-bond acceptors (Lipinski definition) is 6. The number of hydrogen-bond donors (Lipinski definition) is 0. The highest BCUT2D eigenvalue weighted by Gasteiger charge is 2.24. The molecule has 7 heteroatoms. The SMILES string of the molecule is CN1CCN(CC#CCOC2CCN(C(=O)c3cscn3)CC2)CC1. The second kappa shape index (κ2) is 9.30. The average Bonchev–Trinajstić information content (AvgIpc) is 3.18. The number of likely N-dealkylation sites (N-methyl/N-ethyl adjacent to an activating group) is 1. The van der Waals surface area contributed by atoms with Gasteiger partial charge in [-0.05, 0) is 19.9 Å². The number of rotatable bonds is 4. The van der Waals surface area contributed by atoms with E-state index in [0.717, 1.165) is 58.7 Å². The van der Waals surface area contributed by atoms with Crippen molar-refractivity contribution in [2.45, 2.75) is 18.9 Å². The van der Waals surface area contributed by atoms with E-state index in [2.05, 4.69) is 33.7 Å². The number of piperidine rings is 1. The molecule has 0 spiro atoms. The van der Waals surface area contributed by atoms with Crippen molar-refractivity contribution in [3.05, 3.63) is 16.6 Å². The van der Waals surface area contributed by atoms with E-state index in [0.29, 0.717) is 12.3 Å². The molecular formula is C18H26N4O2S. The maximum Gasteiger partial charge on any atom is 0.273 e. The van der Waals surface area contributed by atoms with Crippen molar-refractivity contribution in [2.75, 3.05) is 59.5 Å². The summed E-state index contributed by atoms with van der Waals surface area (Å²) >= 11 is 1.45. The minimum atomic E-state index is 0.0340. The van der Waals surface area contributed by atoms with E-state index in [9.17, 15) is 4.79 Å². The zero-order chi connectivity index (χ0) is 17.5. The van der Waals surface area contributed by atoms with Gasteiger partial charge in [-0.1, -0.05) is 11.8 Å². The highest BCUT2D eigenvalue weighted by Crippen LogP contribution is 2.16. The summed E-state index contributed by atoms with van der Waals surface area (Å²) in [5.41, 5.74) is 2.25. The van der Waals surface area contributed by atoms with E-state index < -0.39 is 0 Å². The lowest BCUT2D eigenvalue weighted by Crippen LogP contribution is -2.44. The lowest BCUT2D eigenvalue weighted by molar-refractivity contribution is 0.0228. The minimum absolute atomic E-state index is 0.0340. The fourth-order valence-corrected chi connectivity index (χ4v) is 3.62. The van der Waals surface area contributed by atoms with Gasteiger partial charge < -0.3 is 14.5 Å². The van der Waals surface area contributed by atoms with Crippen LogP contribution in [0.25, 0.3) is 0 Å². The van der Waals surface area contributed by atoms with Gasteiger partial charge in [0.15, 0.2) is 0 Å². The van der Waals surface area contributed by atoms with E-state index in [1.54, 1.807) is 10.9 Å². The molecule has 3 heterocycles. The third-order valence-electron chi connectivity index (χ3n) is 4.80. The molecule has 0 atom stereocenters. The van der Waals surface area contributed by atoms with Crippen LogP contribution < -0.4 is 0 Å². The lowest BCUT2D eigenvalue weighted by atomic mass is 10.1. The monoisotopic (exact) mass is 362 g/mol. The Morgan fingerprint density at radius 2 is 2.00 bits per heavy atom. The van der Waals surface area contributed by atoms with Gasteiger partial charge in [0.1, 0.15) is 12.3 Å². The highest BCUT2D eigenvalue weighted by molar-refractivity contribution is 7.07. The van der Waals surface area contributed by atoms with Gasteiger partial charge >= 0.3 is 0 Å². The van der Waals surface area contributed by atoms with E-state index in [1.807, 2.05) is 4.90 Å². The van der Waals surface area contributed by atoms with Crippen LogP contribution in [-0.2, 0) is 4.74 Å². The first kappa shape index (κ1) is 18.3. The summed E-state index contributed by atoms with van der Waals surface area (Å²) in [6.07, 6.45) is 1.95. The summed E-state index contributed by atoms with van der Waals surface area (Å²) in [4.78, 5) is 22.9. The number of ether oxygens (including phenoxy) is 1. The molecule has 2 fully saturated rings. The summed E-state index contributed by atoms with van der Waals surface area (Å²) in [6.45, 7) is 7.21. The quantitative estimate of drug-likeness (QED) is 0.749. The Hall–Kier alpha value is -1.46. The number of piperazine rings is 1. The first-order valence-electron chi connectivity index (χ1n) is 8.88. The molecule has 2 aliphatic rings. The number of carbonyl (C=O) groups is 1. The number of nitrogens with zero attached hydrogens (tertiary/aromatic N) is 4. The van der Waals surface area contributed by atoms with Crippen LogP contribution in [-0.4, -0.2) is 91.2 Å². The van der Waals surface area contributed by atoms with Crippen molar-refractivity contribution in [3.63, 3.8) is 0 Å². The maximum absolute atomic E-state index is 12.2. The van der Waals surface area contributed by atoms with Crippen LogP contribution in [0, 0.1) is 11.8 Å². The van der Waals surface area contributed by atoms with Crippen LogP contribution in [0.5, 0.6) is 0 Å². The smallest absolute Gasteiger partial charge is 0.273 e. The van der Waals surface area contributed by atoms with Gasteiger partial charge in [-0.3, -0.25) is 9.69 Å². The Balaban J connectivity index is 1.31. The third kappa shape index (κ3) is 5.51. The van der Waals surface area contributed by atoms with E-state index >= 15 is 0 Å². The molecule has 1 aromatic heterocycles. The fraction of sp³-hybridized carbons (Fsp3) is 0.667. The third-order valence-corrected chi connectivity index (χ3v) is 5.38. The Morgan fingerprint density at radius 3 is 2.68 bits per heavy atom. The molecular weight excluding hydrogens is 336 g/mol. The lowest BCUT2D eigenvalue weighted by Gasteiger charge is -2.31. The van der Waals surface area contributed by atoms with Gasteiger partial charge in [-0.15, -0.1) is 11.3 Å². The molecule has 0 radical (unpaired) electrons. The van der Waals surface area contributed by atoms with Crippen molar-refractivity contribution >= 4 is 17.2 Å². The molecule has 0 unspecified atom stereocenters. The summed E-state index contributed by atoms with van der Waals surface area (Å²) in [6, 6.07) is 0. The number of aromatic nitrogens is 1. The van der Waals surface area contributed by atoms with Crippen LogP contribution in [0.1, 0.15) is 23.3 Å². The number of carbonyl (C=O) groups excluding carboxylic acids is 1. The number of thiazole rings is 1. The molecule has 3 rings (SSSR count). The summed E-state index contributed by atoms with van der Waals surface area (Å²) in [5.74, 6) is 6.38. The van der Waals surface area contributed by atoms with Crippen LogP contribution in [0.2, 0.25) is 0 Å². The molecule has 0 aromatic carbocycles. The molecule has 0 N–H and O–H groups in total. The zero-order valence-electron chi connectivity index (χ0n) is 14.8. The van der Waals surface area contributed by atoms with Gasteiger partial charge in [0.2, 0.25) is 0 Å². The predicted molar refractivity (Wildman–Crippen MR) is 98.7 cm³/mol. The minimum Gasteiger partial charge on any atom is -0.365 e. The van der Waals surface area contributed by atoms with Crippen molar-refractivity contribution in [3.8, 4) is 11.8 Å². The number of likely N-dealkylation sites (tertiary alicyclic amines) is 1. The fourth-order valence-electron chi connectivity index (χ4n) is 3.09. The summed E-state index contributed by atoms with van der Waals surface area (Å²) in [7, 11) is 2.16. The highest BCUT2D eigenvalue weighted by atomic mass is 32.1. The number of amides is 1. The molecule has 25 heavy (non-hydrogen) atoms. The molecule has 6 nitrogen and oxygen atoms in total. The topological polar surface area (TPSA) is 48.9 Å². The molecule has 1 aromatic rings. The van der Waals surface area contributed by atoms with Crippen molar-refractivity contribution < 1.29 is 9.53 Å². The zero-order valence-corrected chi connectivity index (χ0v) is 15.6. The van der Waals surface area contributed by atoms with Gasteiger partial charge in [-0.25, -0.2) is 4.98 Å². The van der Waals surface area contributed by atoms with E-state index in [1.165, 1.54) is 11.3 Å². The summed E-state index contributed by atoms with van der Waals surface area (Å²) in [5, 5.41) is 1.81. The normalized spacial score (nSPS) is 20.3. The molecule has 0 saturated carbocycles.